The van der Waals surface area contributed by atoms with Crippen molar-refractivity contribution in [2.45, 2.75) is 58.3 Å². The molecule has 6 nitrogen and oxygen atoms in total. The average Bonchev–Trinajstić information content (AvgIpc) is 2.77. The maximum atomic E-state index is 12.2. The molecule has 0 spiro atoms. The number of carbonyl (C=O) groups is 2. The second-order valence-corrected chi connectivity index (χ2v) is 5.90. The standard InChI is InChI=1S/C14H25NO5/c1-6-7-19-10-8-11(12(16)18-5)15(9-10)13(17)20-14(2,3)4/h10-11H,6-9H2,1-5H3/t10-,11?/m0/s1. The zero-order valence-corrected chi connectivity index (χ0v) is 13.0. The van der Waals surface area contributed by atoms with Crippen molar-refractivity contribution in [3.63, 3.8) is 0 Å². The molecule has 1 saturated heterocycles. The quantitative estimate of drug-likeness (QED) is 0.740. The van der Waals surface area contributed by atoms with Gasteiger partial charge in [-0.25, -0.2) is 9.59 Å². The predicted octanol–water partition coefficient (Wildman–Crippen LogP) is 1.96. The number of esters is 1. The monoisotopic (exact) mass is 287 g/mol. The molecule has 1 rings (SSSR count). The second kappa shape index (κ2) is 6.92. The van der Waals surface area contributed by atoms with Crippen molar-refractivity contribution in [3.05, 3.63) is 0 Å². The molecule has 0 saturated carbocycles. The van der Waals surface area contributed by atoms with E-state index in [1.165, 1.54) is 12.0 Å². The molecule has 1 aliphatic heterocycles. The summed E-state index contributed by atoms with van der Waals surface area (Å²) >= 11 is 0. The molecule has 116 valence electrons. The second-order valence-electron chi connectivity index (χ2n) is 5.90. The van der Waals surface area contributed by atoms with Gasteiger partial charge in [-0.15, -0.1) is 0 Å². The molecule has 0 bridgehead atoms. The molecule has 0 radical (unpaired) electrons. The number of nitrogens with zero attached hydrogens (tertiary/aromatic N) is 1. The summed E-state index contributed by atoms with van der Waals surface area (Å²) in [5.74, 6) is -0.432. The van der Waals surface area contributed by atoms with Gasteiger partial charge in [0, 0.05) is 13.0 Å². The summed E-state index contributed by atoms with van der Waals surface area (Å²) in [6.45, 7) is 8.35. The van der Waals surface area contributed by atoms with Crippen molar-refractivity contribution in [2.75, 3.05) is 20.3 Å². The lowest BCUT2D eigenvalue weighted by atomic mass is 10.2. The van der Waals surface area contributed by atoms with E-state index in [2.05, 4.69) is 0 Å². The number of carbonyl (C=O) groups excluding carboxylic acids is 2. The summed E-state index contributed by atoms with van der Waals surface area (Å²) in [6, 6.07) is -0.628. The van der Waals surface area contributed by atoms with Gasteiger partial charge in [-0.2, -0.15) is 0 Å². The number of methoxy groups -OCH3 is 1. The van der Waals surface area contributed by atoms with E-state index in [9.17, 15) is 9.59 Å². The first kappa shape index (κ1) is 16.8. The van der Waals surface area contributed by atoms with Gasteiger partial charge in [-0.05, 0) is 27.2 Å². The largest absolute Gasteiger partial charge is 0.467 e. The van der Waals surface area contributed by atoms with Crippen LogP contribution in [0.15, 0.2) is 0 Å². The maximum absolute atomic E-state index is 12.2. The summed E-state index contributed by atoms with van der Waals surface area (Å²) in [6.07, 6.45) is 0.694. The predicted molar refractivity (Wildman–Crippen MR) is 73.4 cm³/mol. The van der Waals surface area contributed by atoms with Crippen molar-refractivity contribution in [1.82, 2.24) is 4.90 Å². The maximum Gasteiger partial charge on any atom is 0.411 e. The van der Waals surface area contributed by atoms with Crippen LogP contribution < -0.4 is 0 Å². The minimum atomic E-state index is -0.628. The van der Waals surface area contributed by atoms with E-state index in [-0.39, 0.29) is 6.10 Å². The van der Waals surface area contributed by atoms with E-state index < -0.39 is 23.7 Å². The van der Waals surface area contributed by atoms with Crippen LogP contribution in [0, 0.1) is 0 Å². The van der Waals surface area contributed by atoms with Crippen LogP contribution in [0.1, 0.15) is 40.5 Å². The van der Waals surface area contributed by atoms with Gasteiger partial charge in [-0.1, -0.05) is 6.92 Å². The fourth-order valence-corrected chi connectivity index (χ4v) is 2.08. The SMILES string of the molecule is CCCO[C@H]1CC(C(=O)OC)N(C(=O)OC(C)(C)C)C1. The van der Waals surface area contributed by atoms with Crippen LogP contribution in [0.5, 0.6) is 0 Å². The van der Waals surface area contributed by atoms with Crippen molar-refractivity contribution >= 4 is 12.1 Å². The third kappa shape index (κ3) is 4.67. The Hall–Kier alpha value is -1.30. The van der Waals surface area contributed by atoms with E-state index in [4.69, 9.17) is 14.2 Å². The normalized spacial score (nSPS) is 22.8. The van der Waals surface area contributed by atoms with Gasteiger partial charge in [-0.3, -0.25) is 4.90 Å². The van der Waals surface area contributed by atoms with Crippen LogP contribution in [0.3, 0.4) is 0 Å². The first-order valence-electron chi connectivity index (χ1n) is 6.97. The van der Waals surface area contributed by atoms with Crippen LogP contribution >= 0.6 is 0 Å². The smallest absolute Gasteiger partial charge is 0.411 e. The van der Waals surface area contributed by atoms with Crippen molar-refractivity contribution in [1.29, 1.82) is 0 Å². The molecular weight excluding hydrogens is 262 g/mol. The molecule has 0 aliphatic carbocycles. The van der Waals surface area contributed by atoms with Crippen LogP contribution in [0.25, 0.3) is 0 Å². The fourth-order valence-electron chi connectivity index (χ4n) is 2.08. The molecule has 0 aromatic heterocycles. The number of hydrogen-bond acceptors (Lipinski definition) is 5. The van der Waals surface area contributed by atoms with E-state index >= 15 is 0 Å². The lowest BCUT2D eigenvalue weighted by Gasteiger charge is -2.27. The van der Waals surface area contributed by atoms with Gasteiger partial charge >= 0.3 is 12.1 Å². The number of ether oxygens (including phenoxy) is 3. The number of likely N-dealkylation sites (tertiary alicyclic amines) is 1. The molecule has 20 heavy (non-hydrogen) atoms. The van der Waals surface area contributed by atoms with Gasteiger partial charge in [0.25, 0.3) is 0 Å². The Kier molecular flexibility index (Phi) is 5.80. The third-order valence-electron chi connectivity index (χ3n) is 2.92. The lowest BCUT2D eigenvalue weighted by Crippen LogP contribution is -2.44. The highest BCUT2D eigenvalue weighted by molar-refractivity contribution is 5.82. The number of rotatable bonds is 4. The Morgan fingerprint density at radius 2 is 1.95 bits per heavy atom. The zero-order valence-electron chi connectivity index (χ0n) is 13.0. The molecule has 1 fully saturated rings. The first-order chi connectivity index (χ1) is 9.28. The van der Waals surface area contributed by atoms with Crippen molar-refractivity contribution in [2.24, 2.45) is 0 Å². The number of amides is 1. The molecule has 1 aliphatic rings. The third-order valence-corrected chi connectivity index (χ3v) is 2.92. The lowest BCUT2D eigenvalue weighted by molar-refractivity contribution is -0.145. The summed E-state index contributed by atoms with van der Waals surface area (Å²) in [5.41, 5.74) is -0.597. The van der Waals surface area contributed by atoms with Crippen LogP contribution in [-0.2, 0) is 19.0 Å². The Bertz CT molecular complexity index is 350. The Labute approximate surface area is 120 Å². The van der Waals surface area contributed by atoms with E-state index in [0.717, 1.165) is 6.42 Å². The van der Waals surface area contributed by atoms with E-state index in [0.29, 0.717) is 19.6 Å². The molecule has 0 aromatic rings. The summed E-state index contributed by atoms with van der Waals surface area (Å²) < 4.78 is 15.7. The van der Waals surface area contributed by atoms with Crippen LogP contribution in [0.4, 0.5) is 4.79 Å². The highest BCUT2D eigenvalue weighted by Gasteiger charge is 2.42. The molecule has 6 heteroatoms. The first-order valence-corrected chi connectivity index (χ1v) is 6.97. The number of hydrogen-bond donors (Lipinski definition) is 0. The Morgan fingerprint density at radius 1 is 1.30 bits per heavy atom. The molecule has 2 atom stereocenters. The summed E-state index contributed by atoms with van der Waals surface area (Å²) in [4.78, 5) is 25.3. The van der Waals surface area contributed by atoms with Crippen molar-refractivity contribution < 1.29 is 23.8 Å². The summed E-state index contributed by atoms with van der Waals surface area (Å²) in [5, 5.41) is 0. The minimum Gasteiger partial charge on any atom is -0.467 e. The van der Waals surface area contributed by atoms with Gasteiger partial charge in [0.15, 0.2) is 0 Å². The molecule has 1 amide bonds. The zero-order chi connectivity index (χ0) is 15.3. The molecule has 1 heterocycles. The highest BCUT2D eigenvalue weighted by atomic mass is 16.6. The van der Waals surface area contributed by atoms with E-state index in [1.807, 2.05) is 6.92 Å². The van der Waals surface area contributed by atoms with Crippen LogP contribution in [0.2, 0.25) is 0 Å². The highest BCUT2D eigenvalue weighted by Crippen LogP contribution is 2.24. The van der Waals surface area contributed by atoms with Crippen molar-refractivity contribution in [3.8, 4) is 0 Å². The van der Waals surface area contributed by atoms with E-state index in [1.54, 1.807) is 20.8 Å². The molecule has 1 unspecified atom stereocenters. The van der Waals surface area contributed by atoms with Gasteiger partial charge < -0.3 is 14.2 Å². The van der Waals surface area contributed by atoms with Crippen LogP contribution in [-0.4, -0.2) is 55.0 Å². The topological polar surface area (TPSA) is 65.1 Å². The minimum absolute atomic E-state index is 0.147. The van der Waals surface area contributed by atoms with Gasteiger partial charge in [0.1, 0.15) is 11.6 Å². The summed E-state index contributed by atoms with van der Waals surface area (Å²) in [7, 11) is 1.32. The fraction of sp³-hybridized carbons (Fsp3) is 0.857. The Balaban J connectivity index is 2.73. The van der Waals surface area contributed by atoms with Gasteiger partial charge in [0.2, 0.25) is 0 Å². The molecule has 0 aromatic carbocycles. The Morgan fingerprint density at radius 3 is 2.45 bits per heavy atom. The molecular formula is C14H25NO5. The molecule has 0 N–H and O–H groups in total. The average molecular weight is 287 g/mol. The van der Waals surface area contributed by atoms with Gasteiger partial charge in [0.05, 0.1) is 19.8 Å².